The third-order valence-electron chi connectivity index (χ3n) is 3.05. The Balaban J connectivity index is 0.00000144. The van der Waals surface area contributed by atoms with E-state index in [-0.39, 0.29) is 23.1 Å². The van der Waals surface area contributed by atoms with Crippen molar-refractivity contribution in [3.05, 3.63) is 30.1 Å². The minimum absolute atomic E-state index is 0. The van der Waals surface area contributed by atoms with Gasteiger partial charge in [-0.05, 0) is 12.8 Å². The van der Waals surface area contributed by atoms with Crippen LogP contribution in [0, 0.1) is 0 Å². The van der Waals surface area contributed by atoms with E-state index in [1.165, 1.54) is 5.69 Å². The van der Waals surface area contributed by atoms with Gasteiger partial charge in [-0.15, -0.1) is 0 Å². The van der Waals surface area contributed by atoms with Crippen LogP contribution in [0.1, 0.15) is 31.9 Å². The molecule has 0 saturated carbocycles. The van der Waals surface area contributed by atoms with Crippen LogP contribution in [-0.4, -0.2) is 12.7 Å². The lowest BCUT2D eigenvalue weighted by Gasteiger charge is -2.19. The van der Waals surface area contributed by atoms with Gasteiger partial charge in [-0.3, -0.25) is 0 Å². The summed E-state index contributed by atoms with van der Waals surface area (Å²) in [5.41, 5.74) is 1.37. The summed E-state index contributed by atoms with van der Waals surface area (Å²) in [6.07, 6.45) is 6.75. The molecule has 0 amide bonds. The van der Waals surface area contributed by atoms with E-state index >= 15 is 0 Å². The molecule has 2 rings (SSSR count). The van der Waals surface area contributed by atoms with Crippen molar-refractivity contribution in [2.24, 2.45) is 0 Å². The standard InChI is InChI=1S/C13H20NO2.BrH/c1-2-12-6-3-4-9-14(12)10-8-13-7-5-11-15-16-13;/h3-4,6,9,13H,2,5,7-8,10-11H2,1H3;1H/q+1;/p-1. The molecule has 4 heteroatoms. The van der Waals surface area contributed by atoms with Crippen molar-refractivity contribution < 1.29 is 31.3 Å². The van der Waals surface area contributed by atoms with Crippen molar-refractivity contribution >= 4 is 0 Å². The molecule has 17 heavy (non-hydrogen) atoms. The monoisotopic (exact) mass is 301 g/mol. The van der Waals surface area contributed by atoms with Crippen LogP contribution in [0.3, 0.4) is 0 Å². The average Bonchev–Trinajstić information content (AvgIpc) is 2.38. The highest BCUT2D eigenvalue weighted by Crippen LogP contribution is 2.13. The van der Waals surface area contributed by atoms with E-state index in [0.29, 0.717) is 0 Å². The molecule has 1 aliphatic heterocycles. The van der Waals surface area contributed by atoms with Crippen LogP contribution in [0.4, 0.5) is 0 Å². The van der Waals surface area contributed by atoms with Crippen LogP contribution >= 0.6 is 0 Å². The summed E-state index contributed by atoms with van der Waals surface area (Å²) in [5.74, 6) is 0. The minimum Gasteiger partial charge on any atom is -1.00 e. The summed E-state index contributed by atoms with van der Waals surface area (Å²) in [5, 5.41) is 0. The number of nitrogens with zero attached hydrogens (tertiary/aromatic N) is 1. The van der Waals surface area contributed by atoms with Crippen LogP contribution in [0.15, 0.2) is 24.4 Å². The predicted molar refractivity (Wildman–Crippen MR) is 60.7 cm³/mol. The maximum atomic E-state index is 5.26. The van der Waals surface area contributed by atoms with Gasteiger partial charge >= 0.3 is 0 Å². The Labute approximate surface area is 113 Å². The summed E-state index contributed by atoms with van der Waals surface area (Å²) in [6.45, 7) is 3.94. The van der Waals surface area contributed by atoms with E-state index < -0.39 is 0 Å². The van der Waals surface area contributed by atoms with Gasteiger partial charge in [0.1, 0.15) is 0 Å². The van der Waals surface area contributed by atoms with Gasteiger partial charge in [-0.25, -0.2) is 14.3 Å². The van der Waals surface area contributed by atoms with Crippen LogP contribution in [-0.2, 0) is 22.7 Å². The molecule has 1 atom stereocenters. The van der Waals surface area contributed by atoms with Gasteiger partial charge in [0.15, 0.2) is 18.4 Å². The first-order chi connectivity index (χ1) is 7.90. The van der Waals surface area contributed by atoms with Crippen LogP contribution in [0.2, 0.25) is 0 Å². The Hall–Kier alpha value is -0.450. The molecule has 1 aromatic rings. The van der Waals surface area contributed by atoms with E-state index in [9.17, 15) is 0 Å². The van der Waals surface area contributed by atoms with Crippen molar-refractivity contribution in [1.29, 1.82) is 0 Å². The van der Waals surface area contributed by atoms with Crippen LogP contribution < -0.4 is 21.5 Å². The fourth-order valence-electron chi connectivity index (χ4n) is 2.09. The number of halogens is 1. The largest absolute Gasteiger partial charge is 1.00 e. The summed E-state index contributed by atoms with van der Waals surface area (Å²) in [6, 6.07) is 6.35. The number of hydrogen-bond acceptors (Lipinski definition) is 2. The normalized spacial score (nSPS) is 19.7. The molecular weight excluding hydrogens is 282 g/mol. The quantitative estimate of drug-likeness (QED) is 0.528. The first kappa shape index (κ1) is 14.6. The molecule has 1 unspecified atom stereocenters. The van der Waals surface area contributed by atoms with Crippen molar-refractivity contribution in [2.45, 2.75) is 45.3 Å². The second-order valence-corrected chi connectivity index (χ2v) is 4.21. The lowest BCUT2D eigenvalue weighted by molar-refractivity contribution is -0.705. The number of pyridine rings is 1. The molecule has 96 valence electrons. The van der Waals surface area contributed by atoms with Gasteiger partial charge in [-0.2, -0.15) is 0 Å². The third kappa shape index (κ3) is 4.37. The maximum Gasteiger partial charge on any atom is 0.181 e. The fraction of sp³-hybridized carbons (Fsp3) is 0.615. The van der Waals surface area contributed by atoms with Gasteiger partial charge in [0.2, 0.25) is 0 Å². The zero-order chi connectivity index (χ0) is 11.2. The summed E-state index contributed by atoms with van der Waals surface area (Å²) in [7, 11) is 0. The van der Waals surface area contributed by atoms with Gasteiger partial charge in [0.25, 0.3) is 0 Å². The molecule has 0 bridgehead atoms. The highest BCUT2D eigenvalue weighted by molar-refractivity contribution is 4.96. The predicted octanol–water partition coefficient (Wildman–Crippen LogP) is -0.959. The minimum atomic E-state index is 0. The van der Waals surface area contributed by atoms with Crippen LogP contribution in [0.25, 0.3) is 0 Å². The van der Waals surface area contributed by atoms with E-state index in [1.54, 1.807) is 0 Å². The maximum absolute atomic E-state index is 5.26. The molecule has 1 aliphatic rings. The molecule has 3 nitrogen and oxygen atoms in total. The topological polar surface area (TPSA) is 22.3 Å². The fourth-order valence-corrected chi connectivity index (χ4v) is 2.09. The van der Waals surface area contributed by atoms with Gasteiger partial charge in [0, 0.05) is 25.0 Å². The molecule has 1 aromatic heterocycles. The molecule has 0 aromatic carbocycles. The van der Waals surface area contributed by atoms with Gasteiger partial charge in [0.05, 0.1) is 12.7 Å². The lowest BCUT2D eigenvalue weighted by Crippen LogP contribution is -3.00. The highest BCUT2D eigenvalue weighted by Gasteiger charge is 2.18. The second-order valence-electron chi connectivity index (χ2n) is 4.21. The summed E-state index contributed by atoms with van der Waals surface area (Å²) >= 11 is 0. The molecule has 0 N–H and O–H groups in total. The first-order valence-electron chi connectivity index (χ1n) is 6.15. The number of aryl methyl sites for hydroxylation is 2. The average molecular weight is 302 g/mol. The zero-order valence-electron chi connectivity index (χ0n) is 10.3. The van der Waals surface area contributed by atoms with Crippen molar-refractivity contribution in [1.82, 2.24) is 0 Å². The summed E-state index contributed by atoms with van der Waals surface area (Å²) < 4.78 is 2.30. The smallest absolute Gasteiger partial charge is 0.181 e. The zero-order valence-corrected chi connectivity index (χ0v) is 11.9. The Morgan fingerprint density at radius 1 is 1.41 bits per heavy atom. The van der Waals surface area contributed by atoms with E-state index in [4.69, 9.17) is 9.78 Å². The van der Waals surface area contributed by atoms with Crippen molar-refractivity contribution in [3.8, 4) is 0 Å². The number of hydrogen-bond donors (Lipinski definition) is 0. The van der Waals surface area contributed by atoms with Crippen molar-refractivity contribution in [2.75, 3.05) is 6.61 Å². The van der Waals surface area contributed by atoms with E-state index in [0.717, 1.165) is 38.8 Å². The Morgan fingerprint density at radius 2 is 2.29 bits per heavy atom. The molecule has 0 aliphatic carbocycles. The molecule has 1 saturated heterocycles. The highest BCUT2D eigenvalue weighted by atomic mass is 79.9. The van der Waals surface area contributed by atoms with Crippen LogP contribution in [0.5, 0.6) is 0 Å². The Kier molecular flexibility index (Phi) is 6.70. The molecular formula is C13H20BrNO2. The summed E-state index contributed by atoms with van der Waals surface area (Å²) in [4.78, 5) is 10.3. The Morgan fingerprint density at radius 3 is 3.00 bits per heavy atom. The molecule has 2 heterocycles. The van der Waals surface area contributed by atoms with Crippen molar-refractivity contribution in [3.63, 3.8) is 0 Å². The first-order valence-corrected chi connectivity index (χ1v) is 6.15. The number of rotatable bonds is 4. The van der Waals surface area contributed by atoms with E-state index in [1.807, 2.05) is 0 Å². The van der Waals surface area contributed by atoms with E-state index in [2.05, 4.69) is 35.9 Å². The van der Waals surface area contributed by atoms with Gasteiger partial charge < -0.3 is 17.0 Å². The SMILES string of the molecule is CCc1cccc[n+]1CCC1CCCOO1.[Br-]. The molecule has 1 fully saturated rings. The lowest BCUT2D eigenvalue weighted by atomic mass is 10.1. The van der Waals surface area contributed by atoms with Gasteiger partial charge in [-0.1, -0.05) is 13.0 Å². The number of aromatic nitrogens is 1. The molecule has 0 radical (unpaired) electrons. The Bertz CT molecular complexity index is 327. The molecule has 0 spiro atoms. The second kappa shape index (κ2) is 7.80. The third-order valence-corrected chi connectivity index (χ3v) is 3.05.